The molecule has 1 aliphatic rings. The highest BCUT2D eigenvalue weighted by Gasteiger charge is 2.31. The van der Waals surface area contributed by atoms with Gasteiger partial charge in [0.05, 0.1) is 10.9 Å². The molecule has 0 spiro atoms. The van der Waals surface area contributed by atoms with Crippen LogP contribution < -0.4 is 10.1 Å². The Bertz CT molecular complexity index is 883. The number of pyridine rings is 1. The van der Waals surface area contributed by atoms with E-state index < -0.39 is 17.3 Å². The minimum Gasteiger partial charge on any atom is -0.489 e. The van der Waals surface area contributed by atoms with Crippen molar-refractivity contribution in [2.75, 3.05) is 6.61 Å². The third kappa shape index (κ3) is 5.80. The van der Waals surface area contributed by atoms with Crippen molar-refractivity contribution in [3.8, 4) is 5.75 Å². The van der Waals surface area contributed by atoms with Gasteiger partial charge >= 0.3 is 5.97 Å². The van der Waals surface area contributed by atoms with Gasteiger partial charge in [-0.3, -0.25) is 24.7 Å². The van der Waals surface area contributed by atoms with Crippen LogP contribution in [0.5, 0.6) is 5.75 Å². The molecule has 29 heavy (non-hydrogen) atoms. The van der Waals surface area contributed by atoms with E-state index in [9.17, 15) is 14.4 Å². The van der Waals surface area contributed by atoms with Crippen LogP contribution in [0.1, 0.15) is 36.8 Å². The number of carbonyl (C=O) groups is 3. The fourth-order valence-electron chi connectivity index (χ4n) is 2.85. The highest BCUT2D eigenvalue weighted by atomic mass is 32.2. The molecule has 1 saturated heterocycles. The lowest BCUT2D eigenvalue weighted by atomic mass is 10.1. The van der Waals surface area contributed by atoms with Gasteiger partial charge in [-0.05, 0) is 42.2 Å². The number of nitrogens with zero attached hydrogens (tertiary/aromatic N) is 1. The first-order valence-electron chi connectivity index (χ1n) is 9.30. The molecule has 0 saturated carbocycles. The largest absolute Gasteiger partial charge is 0.489 e. The summed E-state index contributed by atoms with van der Waals surface area (Å²) in [7, 11) is 0. The van der Waals surface area contributed by atoms with Gasteiger partial charge < -0.3 is 9.47 Å². The summed E-state index contributed by atoms with van der Waals surface area (Å²) >= 11 is 1.01. The molecular weight excluding hydrogens is 392 g/mol. The number of imide groups is 1. The van der Waals surface area contributed by atoms with Gasteiger partial charge in [-0.2, -0.15) is 0 Å². The monoisotopic (exact) mass is 414 g/mol. The number of benzene rings is 1. The first kappa shape index (κ1) is 20.9. The molecule has 3 rings (SSSR count). The second-order valence-electron chi connectivity index (χ2n) is 6.59. The van der Waals surface area contributed by atoms with E-state index in [1.165, 1.54) is 6.92 Å². The number of aryl methyl sites for hydroxylation is 1. The summed E-state index contributed by atoms with van der Waals surface area (Å²) in [6, 6.07) is 11.1. The van der Waals surface area contributed by atoms with Crippen LogP contribution in [0.25, 0.3) is 0 Å². The zero-order valence-electron chi connectivity index (χ0n) is 16.2. The maximum absolute atomic E-state index is 11.7. The van der Waals surface area contributed by atoms with Crippen molar-refractivity contribution >= 4 is 28.9 Å². The van der Waals surface area contributed by atoms with Crippen molar-refractivity contribution in [2.45, 2.75) is 38.0 Å². The molecule has 2 heterocycles. The van der Waals surface area contributed by atoms with Crippen LogP contribution in [0.15, 0.2) is 42.6 Å². The van der Waals surface area contributed by atoms with Gasteiger partial charge in [-0.15, -0.1) is 0 Å². The quantitative estimate of drug-likeness (QED) is 0.663. The highest BCUT2D eigenvalue weighted by Crippen LogP contribution is 2.24. The van der Waals surface area contributed by atoms with Crippen molar-refractivity contribution in [3.63, 3.8) is 0 Å². The van der Waals surface area contributed by atoms with Gasteiger partial charge in [-0.1, -0.05) is 36.9 Å². The molecule has 1 fully saturated rings. The van der Waals surface area contributed by atoms with E-state index in [-0.39, 0.29) is 17.8 Å². The summed E-state index contributed by atoms with van der Waals surface area (Å²) in [5, 5.41) is 1.57. The fourth-order valence-corrected chi connectivity index (χ4v) is 3.71. The molecule has 2 amide bonds. The smallest absolute Gasteiger partial charge is 0.303 e. The number of aromatic nitrogens is 1. The van der Waals surface area contributed by atoms with Crippen LogP contribution in [0, 0.1) is 0 Å². The molecule has 7 nitrogen and oxygen atoms in total. The number of hydrogen-bond acceptors (Lipinski definition) is 7. The lowest BCUT2D eigenvalue weighted by molar-refractivity contribution is -0.148. The van der Waals surface area contributed by atoms with Crippen molar-refractivity contribution in [2.24, 2.45) is 0 Å². The first-order chi connectivity index (χ1) is 13.9. The second-order valence-corrected chi connectivity index (χ2v) is 7.76. The normalized spacial score (nSPS) is 17.0. The van der Waals surface area contributed by atoms with Crippen molar-refractivity contribution < 1.29 is 23.9 Å². The molecule has 1 aliphatic heterocycles. The minimum absolute atomic E-state index is 0.132. The van der Waals surface area contributed by atoms with E-state index >= 15 is 0 Å². The van der Waals surface area contributed by atoms with Crippen LogP contribution in [-0.4, -0.2) is 34.0 Å². The van der Waals surface area contributed by atoms with E-state index in [4.69, 9.17) is 9.47 Å². The van der Waals surface area contributed by atoms with Crippen molar-refractivity contribution in [1.29, 1.82) is 0 Å². The average molecular weight is 414 g/mol. The molecule has 1 aromatic carbocycles. The maximum Gasteiger partial charge on any atom is 0.303 e. The third-order valence-electron chi connectivity index (χ3n) is 4.41. The number of ether oxygens (including phenoxy) is 2. The lowest BCUT2D eigenvalue weighted by Crippen LogP contribution is -2.25. The summed E-state index contributed by atoms with van der Waals surface area (Å²) in [6.45, 7) is 3.53. The lowest BCUT2D eigenvalue weighted by Gasteiger charge is -2.18. The van der Waals surface area contributed by atoms with Gasteiger partial charge in [0.2, 0.25) is 5.91 Å². The van der Waals surface area contributed by atoms with E-state index in [2.05, 4.69) is 10.3 Å². The molecule has 1 aromatic heterocycles. The first-order valence-corrected chi connectivity index (χ1v) is 10.2. The summed E-state index contributed by atoms with van der Waals surface area (Å²) in [5.41, 5.74) is 2.65. The van der Waals surface area contributed by atoms with E-state index in [1.54, 1.807) is 18.3 Å². The zero-order valence-corrected chi connectivity index (χ0v) is 17.0. The van der Waals surface area contributed by atoms with Crippen LogP contribution in [0.4, 0.5) is 4.79 Å². The molecule has 2 atom stereocenters. The molecule has 0 aliphatic carbocycles. The Morgan fingerprint density at radius 1 is 1.17 bits per heavy atom. The average Bonchev–Trinajstić information content (AvgIpc) is 3.03. The summed E-state index contributed by atoms with van der Waals surface area (Å²) < 4.78 is 11.1. The molecule has 0 radical (unpaired) electrons. The Labute approximate surface area is 173 Å². The van der Waals surface area contributed by atoms with E-state index in [0.717, 1.165) is 29.3 Å². The second kappa shape index (κ2) is 9.56. The Balaban J connectivity index is 1.60. The summed E-state index contributed by atoms with van der Waals surface area (Å²) in [5.74, 6) is -0.0565. The predicted octanol–water partition coefficient (Wildman–Crippen LogP) is 3.22. The number of rotatable bonds is 8. The summed E-state index contributed by atoms with van der Waals surface area (Å²) in [4.78, 5) is 38.8. The minimum atomic E-state index is -0.609. The number of hydrogen-bond donors (Lipinski definition) is 1. The Morgan fingerprint density at radius 3 is 2.45 bits per heavy atom. The van der Waals surface area contributed by atoms with Gasteiger partial charge in [0, 0.05) is 13.1 Å². The predicted molar refractivity (Wildman–Crippen MR) is 109 cm³/mol. The van der Waals surface area contributed by atoms with Crippen molar-refractivity contribution in [1.82, 2.24) is 10.3 Å². The van der Waals surface area contributed by atoms with E-state index in [0.29, 0.717) is 17.9 Å². The van der Waals surface area contributed by atoms with Gasteiger partial charge in [0.1, 0.15) is 12.4 Å². The Kier molecular flexibility index (Phi) is 6.87. The van der Waals surface area contributed by atoms with E-state index in [1.807, 2.05) is 31.2 Å². The van der Waals surface area contributed by atoms with Gasteiger partial charge in [-0.25, -0.2) is 0 Å². The number of amides is 2. The van der Waals surface area contributed by atoms with Crippen LogP contribution in [0.2, 0.25) is 0 Å². The summed E-state index contributed by atoms with van der Waals surface area (Å²) in [6.07, 6.45) is 2.50. The molecular formula is C21H22N2O5S. The molecule has 152 valence electrons. The Hall–Kier alpha value is -2.87. The topological polar surface area (TPSA) is 94.6 Å². The Morgan fingerprint density at radius 2 is 1.90 bits per heavy atom. The number of nitrogens with one attached hydrogen (secondary N) is 1. The van der Waals surface area contributed by atoms with Crippen LogP contribution in [0.3, 0.4) is 0 Å². The van der Waals surface area contributed by atoms with Crippen LogP contribution in [-0.2, 0) is 27.2 Å². The molecule has 0 bridgehead atoms. The van der Waals surface area contributed by atoms with Crippen LogP contribution >= 0.6 is 11.8 Å². The van der Waals surface area contributed by atoms with Gasteiger partial charge in [0.25, 0.3) is 5.24 Å². The number of carbonyl (C=O) groups excluding carboxylic acids is 3. The SMILES string of the molecule is CCc1ccc([C@@H](COc2ccc(CC3SC(=O)NC3=O)cc2)OC(C)=O)nc1. The molecule has 1 N–H and O–H groups in total. The number of thioether (sulfide) groups is 1. The molecule has 1 unspecified atom stereocenters. The number of esters is 1. The van der Waals surface area contributed by atoms with Crippen molar-refractivity contribution in [3.05, 3.63) is 59.4 Å². The third-order valence-corrected chi connectivity index (χ3v) is 5.39. The standard InChI is InChI=1S/C21H22N2O5S/c1-3-14-6-9-17(22-11-14)18(28-13(2)24)12-27-16-7-4-15(5-8-16)10-19-20(25)23-21(26)29-19/h4-9,11,18-19H,3,10,12H2,1-2H3,(H,23,25,26)/t18-,19?/m1/s1. The van der Waals surface area contributed by atoms with Gasteiger partial charge in [0.15, 0.2) is 6.10 Å². The molecule has 8 heteroatoms. The fraction of sp³-hybridized carbons (Fsp3) is 0.333. The zero-order chi connectivity index (χ0) is 20.8. The molecule has 2 aromatic rings. The maximum atomic E-state index is 11.7. The highest BCUT2D eigenvalue weighted by molar-refractivity contribution is 8.15.